The number of hydrogen-bond donors (Lipinski definition) is 0. The maximum absolute atomic E-state index is 5.74. The summed E-state index contributed by atoms with van der Waals surface area (Å²) in [6.07, 6.45) is 1.04. The number of benzene rings is 1. The summed E-state index contributed by atoms with van der Waals surface area (Å²) in [6.45, 7) is 5.52. The van der Waals surface area contributed by atoms with Crippen molar-refractivity contribution in [1.82, 2.24) is 0 Å². The Balaban J connectivity index is 2.30. The molecule has 0 N–H and O–H groups in total. The number of alkyl halides is 1. The largest absolute Gasteiger partial charge is 0.490 e. The molecule has 1 unspecified atom stereocenters. The molecule has 102 valence electrons. The molecule has 1 aromatic carbocycles. The molecule has 0 aliphatic carbocycles. The first-order chi connectivity index (χ1) is 8.77. The summed E-state index contributed by atoms with van der Waals surface area (Å²) >= 11 is 7.59. The van der Waals surface area contributed by atoms with Crippen LogP contribution in [0.15, 0.2) is 24.3 Å². The van der Waals surface area contributed by atoms with Gasteiger partial charge in [0.2, 0.25) is 0 Å². The van der Waals surface area contributed by atoms with E-state index in [0.29, 0.717) is 18.5 Å². The molecule has 0 heterocycles. The van der Waals surface area contributed by atoms with Crippen LogP contribution in [0, 0.1) is 0 Å². The van der Waals surface area contributed by atoms with Crippen LogP contribution in [0.4, 0.5) is 0 Å². The van der Waals surface area contributed by atoms with Crippen LogP contribution in [-0.2, 0) is 0 Å². The highest BCUT2D eigenvalue weighted by Gasteiger charge is 2.04. The van der Waals surface area contributed by atoms with Gasteiger partial charge in [-0.15, -0.1) is 11.6 Å². The molecule has 0 aliphatic heterocycles. The summed E-state index contributed by atoms with van der Waals surface area (Å²) in [5.74, 6) is 3.34. The lowest BCUT2D eigenvalue weighted by molar-refractivity contribution is 0.289. The molecule has 0 aliphatic rings. The maximum Gasteiger partial charge on any atom is 0.161 e. The van der Waals surface area contributed by atoms with Gasteiger partial charge in [-0.2, -0.15) is 11.8 Å². The van der Waals surface area contributed by atoms with Crippen LogP contribution < -0.4 is 9.47 Å². The van der Waals surface area contributed by atoms with E-state index in [2.05, 4.69) is 6.92 Å². The lowest BCUT2D eigenvalue weighted by Crippen LogP contribution is -2.06. The van der Waals surface area contributed by atoms with Crippen LogP contribution in [0.2, 0.25) is 0 Å². The minimum atomic E-state index is 0.591. The van der Waals surface area contributed by atoms with E-state index in [9.17, 15) is 0 Å². The van der Waals surface area contributed by atoms with E-state index < -0.39 is 0 Å². The second kappa shape index (κ2) is 9.40. The number of halogens is 1. The predicted molar refractivity (Wildman–Crippen MR) is 80.4 cm³/mol. The van der Waals surface area contributed by atoms with Gasteiger partial charge in [0.25, 0.3) is 0 Å². The van der Waals surface area contributed by atoms with Gasteiger partial charge in [0.05, 0.1) is 13.2 Å². The molecule has 1 rings (SSSR count). The molecule has 18 heavy (non-hydrogen) atoms. The first-order valence-corrected chi connectivity index (χ1v) is 7.88. The second-order valence-electron chi connectivity index (χ2n) is 3.89. The van der Waals surface area contributed by atoms with Crippen LogP contribution in [0.5, 0.6) is 11.5 Å². The van der Waals surface area contributed by atoms with E-state index in [4.69, 9.17) is 21.1 Å². The van der Waals surface area contributed by atoms with Crippen molar-refractivity contribution < 1.29 is 9.47 Å². The fraction of sp³-hybridized carbons (Fsp3) is 0.571. The van der Waals surface area contributed by atoms with Crippen molar-refractivity contribution in [2.24, 2.45) is 0 Å². The van der Waals surface area contributed by atoms with Gasteiger partial charge in [-0.25, -0.2) is 0 Å². The molecule has 4 heteroatoms. The summed E-state index contributed by atoms with van der Waals surface area (Å²) in [5.41, 5.74) is 0. The monoisotopic (exact) mass is 288 g/mol. The zero-order valence-electron chi connectivity index (χ0n) is 11.0. The molecule has 0 radical (unpaired) electrons. The van der Waals surface area contributed by atoms with Crippen molar-refractivity contribution in [3.8, 4) is 11.5 Å². The first kappa shape index (κ1) is 15.5. The van der Waals surface area contributed by atoms with Gasteiger partial charge in [0.15, 0.2) is 11.5 Å². The van der Waals surface area contributed by atoms with Crippen molar-refractivity contribution in [2.75, 3.05) is 24.8 Å². The van der Waals surface area contributed by atoms with Crippen molar-refractivity contribution in [3.63, 3.8) is 0 Å². The van der Waals surface area contributed by atoms with Gasteiger partial charge < -0.3 is 9.47 Å². The molecule has 0 amide bonds. The molecule has 0 saturated carbocycles. The SMILES string of the molecule is CCOc1ccccc1OCCSC(C)CCCl. The number of para-hydroxylation sites is 2. The molecule has 0 aromatic heterocycles. The second-order valence-corrected chi connectivity index (χ2v) is 5.81. The molecule has 0 fully saturated rings. The van der Waals surface area contributed by atoms with Crippen molar-refractivity contribution in [2.45, 2.75) is 25.5 Å². The average molecular weight is 289 g/mol. The van der Waals surface area contributed by atoms with Gasteiger partial charge >= 0.3 is 0 Å². The van der Waals surface area contributed by atoms with Gasteiger partial charge in [0.1, 0.15) is 0 Å². The van der Waals surface area contributed by atoms with Gasteiger partial charge in [-0.3, -0.25) is 0 Å². The number of thioether (sulfide) groups is 1. The highest BCUT2D eigenvalue weighted by Crippen LogP contribution is 2.26. The summed E-state index contributed by atoms with van der Waals surface area (Å²) in [4.78, 5) is 0. The Labute approximate surface area is 119 Å². The van der Waals surface area contributed by atoms with Crippen LogP contribution in [0.1, 0.15) is 20.3 Å². The standard InChI is InChI=1S/C14H21ClO2S/c1-3-16-13-6-4-5-7-14(13)17-10-11-18-12(2)8-9-15/h4-7,12H,3,8-11H2,1-2H3. The Morgan fingerprint density at radius 1 is 1.22 bits per heavy atom. The van der Waals surface area contributed by atoms with Crippen LogP contribution in [0.3, 0.4) is 0 Å². The highest BCUT2D eigenvalue weighted by molar-refractivity contribution is 7.99. The van der Waals surface area contributed by atoms with E-state index >= 15 is 0 Å². The normalized spacial score (nSPS) is 12.2. The lowest BCUT2D eigenvalue weighted by Gasteiger charge is -2.13. The summed E-state index contributed by atoms with van der Waals surface area (Å²) in [6, 6.07) is 7.79. The van der Waals surface area contributed by atoms with E-state index in [1.165, 1.54) is 0 Å². The van der Waals surface area contributed by atoms with Crippen molar-refractivity contribution in [1.29, 1.82) is 0 Å². The first-order valence-electron chi connectivity index (χ1n) is 6.30. The van der Waals surface area contributed by atoms with Crippen LogP contribution >= 0.6 is 23.4 Å². The van der Waals surface area contributed by atoms with E-state index in [1.54, 1.807) is 0 Å². The van der Waals surface area contributed by atoms with Crippen LogP contribution in [0.25, 0.3) is 0 Å². The molecule has 1 aromatic rings. The third kappa shape index (κ3) is 5.87. The zero-order valence-corrected chi connectivity index (χ0v) is 12.6. The maximum atomic E-state index is 5.74. The number of rotatable bonds is 9. The van der Waals surface area contributed by atoms with Gasteiger partial charge in [-0.1, -0.05) is 19.1 Å². The van der Waals surface area contributed by atoms with E-state index in [1.807, 2.05) is 43.0 Å². The summed E-state index contributed by atoms with van der Waals surface area (Å²) < 4.78 is 11.2. The Kier molecular flexibility index (Phi) is 8.10. The fourth-order valence-electron chi connectivity index (χ4n) is 1.48. The Bertz CT molecular complexity index is 333. The predicted octanol–water partition coefficient (Wildman–Crippen LogP) is 4.21. The third-order valence-electron chi connectivity index (χ3n) is 2.41. The third-order valence-corrected chi connectivity index (χ3v) is 3.83. The summed E-state index contributed by atoms with van der Waals surface area (Å²) in [7, 11) is 0. The quantitative estimate of drug-likeness (QED) is 0.501. The molecule has 0 bridgehead atoms. The minimum Gasteiger partial charge on any atom is -0.490 e. The van der Waals surface area contributed by atoms with Gasteiger partial charge in [-0.05, 0) is 25.5 Å². The van der Waals surface area contributed by atoms with Crippen LogP contribution in [-0.4, -0.2) is 30.1 Å². The smallest absolute Gasteiger partial charge is 0.161 e. The molecular weight excluding hydrogens is 268 g/mol. The van der Waals surface area contributed by atoms with E-state index in [0.717, 1.165) is 29.6 Å². The minimum absolute atomic E-state index is 0.591. The molecule has 1 atom stereocenters. The fourth-order valence-corrected chi connectivity index (χ4v) is 2.81. The molecule has 0 spiro atoms. The highest BCUT2D eigenvalue weighted by atomic mass is 35.5. The van der Waals surface area contributed by atoms with Crippen molar-refractivity contribution >= 4 is 23.4 Å². The zero-order chi connectivity index (χ0) is 13.2. The molecule has 2 nitrogen and oxygen atoms in total. The number of ether oxygens (including phenoxy) is 2. The lowest BCUT2D eigenvalue weighted by atomic mass is 10.3. The topological polar surface area (TPSA) is 18.5 Å². The summed E-state index contributed by atoms with van der Waals surface area (Å²) in [5, 5.41) is 0.591. The van der Waals surface area contributed by atoms with E-state index in [-0.39, 0.29) is 0 Å². The Morgan fingerprint density at radius 2 is 1.89 bits per heavy atom. The molecular formula is C14H21ClO2S. The van der Waals surface area contributed by atoms with Crippen molar-refractivity contribution in [3.05, 3.63) is 24.3 Å². The Hall–Kier alpha value is -0.540. The van der Waals surface area contributed by atoms with Gasteiger partial charge in [0, 0.05) is 16.9 Å². The number of hydrogen-bond acceptors (Lipinski definition) is 3. The Morgan fingerprint density at radius 3 is 2.50 bits per heavy atom. The average Bonchev–Trinajstić information content (AvgIpc) is 2.37. The molecule has 0 saturated heterocycles.